The fourth-order valence-electron chi connectivity index (χ4n) is 4.31. The molecule has 1 aromatic rings. The van der Waals surface area contributed by atoms with E-state index in [2.05, 4.69) is 6.92 Å². The topological polar surface area (TPSA) is 42.3 Å². The average molecular weight is 391 g/mol. The predicted molar refractivity (Wildman–Crippen MR) is 92.0 cm³/mol. The maximum absolute atomic E-state index is 13.0. The molecule has 0 spiro atoms. The molecule has 1 saturated heterocycles. The number of alkyl halides is 3. The lowest BCUT2D eigenvalue weighted by Gasteiger charge is -2.45. The number of rotatable bonds is 2. The second-order valence-electron chi connectivity index (χ2n) is 7.48. The van der Waals surface area contributed by atoms with Gasteiger partial charge < -0.3 is 9.47 Å². The quantitative estimate of drug-likeness (QED) is 0.767. The van der Waals surface area contributed by atoms with Crippen molar-refractivity contribution in [3.05, 3.63) is 33.2 Å². The van der Waals surface area contributed by atoms with Gasteiger partial charge >= 0.3 is 6.18 Å². The molecule has 1 saturated carbocycles. The standard InChI is InChI=1S/C18H22ClF3N2O2/c1-11-4-5-15-12(7-11)3-2-6-24(15)16(25)10-23-9-13(18(20,21)22)8-14(19)17(23)26/h8-9,11-12,15H,2-7,10H2,1H3/t11-,12+,15+/m1/s1. The predicted octanol–water partition coefficient (Wildman–Crippen LogP) is 3.95. The van der Waals surface area contributed by atoms with Crippen LogP contribution < -0.4 is 5.56 Å². The van der Waals surface area contributed by atoms with Gasteiger partial charge in [-0.3, -0.25) is 9.59 Å². The molecule has 144 valence electrons. The Balaban J connectivity index is 1.81. The fraction of sp³-hybridized carbons (Fsp3) is 0.667. The molecule has 0 aromatic carbocycles. The molecular formula is C18H22ClF3N2O2. The van der Waals surface area contributed by atoms with Crippen molar-refractivity contribution >= 4 is 17.5 Å². The summed E-state index contributed by atoms with van der Waals surface area (Å²) in [6, 6.07) is 0.731. The highest BCUT2D eigenvalue weighted by Crippen LogP contribution is 2.38. The highest BCUT2D eigenvalue weighted by atomic mass is 35.5. The molecule has 2 aliphatic rings. The molecule has 8 heteroatoms. The van der Waals surface area contributed by atoms with Gasteiger partial charge in [0, 0.05) is 18.8 Å². The molecule has 1 amide bonds. The molecule has 0 N–H and O–H groups in total. The fourth-order valence-corrected chi connectivity index (χ4v) is 4.54. The zero-order valence-electron chi connectivity index (χ0n) is 14.6. The molecule has 1 aromatic heterocycles. The minimum Gasteiger partial charge on any atom is -0.338 e. The Morgan fingerprint density at radius 3 is 2.73 bits per heavy atom. The van der Waals surface area contributed by atoms with Crippen LogP contribution in [0.1, 0.15) is 44.6 Å². The molecule has 2 heterocycles. The van der Waals surface area contributed by atoms with E-state index in [0.717, 1.165) is 36.7 Å². The van der Waals surface area contributed by atoms with Gasteiger partial charge in [-0.15, -0.1) is 0 Å². The van der Waals surface area contributed by atoms with Crippen molar-refractivity contribution in [3.8, 4) is 0 Å². The lowest BCUT2D eigenvalue weighted by molar-refractivity contribution is -0.140. The van der Waals surface area contributed by atoms with E-state index in [4.69, 9.17) is 11.6 Å². The molecule has 26 heavy (non-hydrogen) atoms. The van der Waals surface area contributed by atoms with Crippen LogP contribution in [0, 0.1) is 11.8 Å². The molecule has 0 radical (unpaired) electrons. The molecule has 0 unspecified atom stereocenters. The maximum atomic E-state index is 13.0. The van der Waals surface area contributed by atoms with Gasteiger partial charge in [-0.25, -0.2) is 0 Å². The summed E-state index contributed by atoms with van der Waals surface area (Å²) < 4.78 is 39.7. The molecule has 3 atom stereocenters. The monoisotopic (exact) mass is 390 g/mol. The van der Waals surface area contributed by atoms with Crippen LogP contribution in [-0.4, -0.2) is 28.0 Å². The summed E-state index contributed by atoms with van der Waals surface area (Å²) in [4.78, 5) is 26.6. The first kappa shape index (κ1) is 19.3. The van der Waals surface area contributed by atoms with E-state index in [-0.39, 0.29) is 11.9 Å². The zero-order valence-corrected chi connectivity index (χ0v) is 15.3. The Morgan fingerprint density at radius 2 is 2.04 bits per heavy atom. The minimum atomic E-state index is -4.63. The summed E-state index contributed by atoms with van der Waals surface area (Å²) in [6.45, 7) is 2.39. The van der Waals surface area contributed by atoms with E-state index in [1.165, 1.54) is 0 Å². The van der Waals surface area contributed by atoms with Crippen LogP contribution in [0.25, 0.3) is 0 Å². The van der Waals surface area contributed by atoms with Gasteiger partial charge in [-0.05, 0) is 50.0 Å². The van der Waals surface area contributed by atoms with Gasteiger partial charge in [0.15, 0.2) is 0 Å². The number of fused-ring (bicyclic) bond motifs is 1. The van der Waals surface area contributed by atoms with Gasteiger partial charge in [-0.2, -0.15) is 13.2 Å². The number of carbonyl (C=O) groups is 1. The Bertz CT molecular complexity index is 747. The van der Waals surface area contributed by atoms with Crippen molar-refractivity contribution in [3.63, 3.8) is 0 Å². The Hall–Kier alpha value is -1.50. The van der Waals surface area contributed by atoms with Gasteiger partial charge in [0.05, 0.1) is 5.56 Å². The molecule has 3 rings (SSSR count). The van der Waals surface area contributed by atoms with Crippen LogP contribution in [0.2, 0.25) is 5.02 Å². The second-order valence-corrected chi connectivity index (χ2v) is 7.89. The smallest absolute Gasteiger partial charge is 0.338 e. The van der Waals surface area contributed by atoms with E-state index < -0.39 is 28.9 Å². The van der Waals surface area contributed by atoms with Crippen LogP contribution in [0.5, 0.6) is 0 Å². The van der Waals surface area contributed by atoms with Crippen molar-refractivity contribution in [2.45, 2.75) is 57.8 Å². The Kier molecular flexibility index (Phi) is 5.37. The van der Waals surface area contributed by atoms with Crippen LogP contribution in [0.3, 0.4) is 0 Å². The summed E-state index contributed by atoms with van der Waals surface area (Å²) in [5.74, 6) is 0.765. The first-order valence-electron chi connectivity index (χ1n) is 8.93. The van der Waals surface area contributed by atoms with Crippen molar-refractivity contribution < 1.29 is 18.0 Å². The van der Waals surface area contributed by atoms with E-state index >= 15 is 0 Å². The third-order valence-electron chi connectivity index (χ3n) is 5.57. The van der Waals surface area contributed by atoms with E-state index in [1.54, 1.807) is 4.90 Å². The number of carbonyl (C=O) groups excluding carboxylic acids is 1. The molecular weight excluding hydrogens is 369 g/mol. The molecule has 1 aliphatic carbocycles. The maximum Gasteiger partial charge on any atom is 0.417 e. The van der Waals surface area contributed by atoms with Crippen LogP contribution >= 0.6 is 11.6 Å². The second kappa shape index (κ2) is 7.25. The Morgan fingerprint density at radius 1 is 1.31 bits per heavy atom. The average Bonchev–Trinajstić information content (AvgIpc) is 2.56. The lowest BCUT2D eigenvalue weighted by atomic mass is 9.74. The normalized spacial score (nSPS) is 26.5. The summed E-state index contributed by atoms with van der Waals surface area (Å²) in [5, 5.41) is -0.532. The number of likely N-dealkylation sites (tertiary alicyclic amines) is 1. The van der Waals surface area contributed by atoms with E-state index in [0.29, 0.717) is 30.6 Å². The molecule has 2 fully saturated rings. The summed E-state index contributed by atoms with van der Waals surface area (Å²) in [7, 11) is 0. The highest BCUT2D eigenvalue weighted by Gasteiger charge is 2.38. The van der Waals surface area contributed by atoms with Crippen LogP contribution in [0.4, 0.5) is 13.2 Å². The first-order valence-corrected chi connectivity index (χ1v) is 9.31. The van der Waals surface area contributed by atoms with E-state index in [1.807, 2.05) is 0 Å². The number of halogens is 4. The number of pyridine rings is 1. The molecule has 0 bridgehead atoms. The lowest BCUT2D eigenvalue weighted by Crippen LogP contribution is -2.51. The zero-order chi connectivity index (χ0) is 19.1. The largest absolute Gasteiger partial charge is 0.417 e. The SMILES string of the molecule is C[C@@H]1CC[C@H]2[C@@H](CCCN2C(=O)Cn2cc(C(F)(F)F)cc(Cl)c2=O)C1. The van der Waals surface area contributed by atoms with Gasteiger partial charge in [0.1, 0.15) is 11.6 Å². The number of aromatic nitrogens is 1. The minimum absolute atomic E-state index is 0.129. The summed E-state index contributed by atoms with van der Waals surface area (Å²) in [5.41, 5.74) is -1.81. The van der Waals surface area contributed by atoms with Gasteiger partial charge in [0.2, 0.25) is 5.91 Å². The summed E-state index contributed by atoms with van der Waals surface area (Å²) >= 11 is 5.66. The van der Waals surface area contributed by atoms with Gasteiger partial charge in [-0.1, -0.05) is 18.5 Å². The molecule has 1 aliphatic heterocycles. The first-order chi connectivity index (χ1) is 12.2. The third-order valence-corrected chi connectivity index (χ3v) is 5.85. The number of hydrogen-bond donors (Lipinski definition) is 0. The van der Waals surface area contributed by atoms with Gasteiger partial charge in [0.25, 0.3) is 5.56 Å². The summed E-state index contributed by atoms with van der Waals surface area (Å²) in [6.07, 6.45) is 1.04. The van der Waals surface area contributed by atoms with Crippen molar-refractivity contribution in [2.75, 3.05) is 6.54 Å². The van der Waals surface area contributed by atoms with Crippen LogP contribution in [-0.2, 0) is 17.5 Å². The van der Waals surface area contributed by atoms with Crippen LogP contribution in [0.15, 0.2) is 17.1 Å². The number of piperidine rings is 1. The van der Waals surface area contributed by atoms with Crippen molar-refractivity contribution in [2.24, 2.45) is 11.8 Å². The number of hydrogen-bond acceptors (Lipinski definition) is 2. The highest BCUT2D eigenvalue weighted by molar-refractivity contribution is 6.30. The molecule has 4 nitrogen and oxygen atoms in total. The van der Waals surface area contributed by atoms with Crippen molar-refractivity contribution in [1.82, 2.24) is 9.47 Å². The number of amides is 1. The number of nitrogens with zero attached hydrogens (tertiary/aromatic N) is 2. The Labute approximate surface area is 154 Å². The van der Waals surface area contributed by atoms with E-state index in [9.17, 15) is 22.8 Å². The van der Waals surface area contributed by atoms with Crippen molar-refractivity contribution in [1.29, 1.82) is 0 Å². The third kappa shape index (κ3) is 3.92.